The third kappa shape index (κ3) is 6.01. The lowest BCUT2D eigenvalue weighted by molar-refractivity contribution is -0.141. The van der Waals surface area contributed by atoms with Gasteiger partial charge < -0.3 is 24.1 Å². The summed E-state index contributed by atoms with van der Waals surface area (Å²) < 4.78 is 20.8. The molecule has 0 aromatic heterocycles. The summed E-state index contributed by atoms with van der Waals surface area (Å²) in [4.78, 5) is 10.9. The largest absolute Gasteiger partial charge is 0.493 e. The van der Waals surface area contributed by atoms with E-state index in [0.29, 0.717) is 31.1 Å². The average Bonchev–Trinajstić information content (AvgIpc) is 2.47. The molecule has 0 radical (unpaired) electrons. The van der Waals surface area contributed by atoms with E-state index in [2.05, 4.69) is 0 Å². The van der Waals surface area contributed by atoms with Crippen LogP contribution in [-0.2, 0) is 20.7 Å². The molecule has 0 aliphatic heterocycles. The monoisotopic (exact) mass is 298 g/mol. The van der Waals surface area contributed by atoms with Crippen molar-refractivity contribution in [3.8, 4) is 11.5 Å². The molecule has 0 heterocycles. The fourth-order valence-corrected chi connectivity index (χ4v) is 1.71. The van der Waals surface area contributed by atoms with Crippen LogP contribution < -0.4 is 9.47 Å². The van der Waals surface area contributed by atoms with Crippen molar-refractivity contribution in [2.75, 3.05) is 34.2 Å². The Labute approximate surface area is 124 Å². The smallest absolute Gasteiger partial charge is 0.306 e. The third-order valence-corrected chi connectivity index (χ3v) is 2.92. The van der Waals surface area contributed by atoms with Crippen molar-refractivity contribution in [3.05, 3.63) is 23.8 Å². The van der Waals surface area contributed by atoms with Crippen LogP contribution in [0.3, 0.4) is 0 Å². The zero-order valence-electron chi connectivity index (χ0n) is 12.6. The van der Waals surface area contributed by atoms with E-state index in [1.807, 2.05) is 6.07 Å². The number of ether oxygens (including phenoxy) is 4. The van der Waals surface area contributed by atoms with Crippen LogP contribution in [0.1, 0.15) is 12.5 Å². The fourth-order valence-electron chi connectivity index (χ4n) is 1.71. The van der Waals surface area contributed by atoms with Crippen molar-refractivity contribution in [3.63, 3.8) is 0 Å². The van der Waals surface area contributed by atoms with Crippen LogP contribution >= 0.6 is 0 Å². The van der Waals surface area contributed by atoms with Gasteiger partial charge in [0.25, 0.3) is 0 Å². The summed E-state index contributed by atoms with van der Waals surface area (Å²) in [5.41, 5.74) is 0.884. The summed E-state index contributed by atoms with van der Waals surface area (Å²) in [6.45, 7) is 2.73. The molecular weight excluding hydrogens is 276 g/mol. The highest BCUT2D eigenvalue weighted by Crippen LogP contribution is 2.29. The fraction of sp³-hybridized carbons (Fsp3) is 0.533. The standard InChI is InChI=1S/C15H22O6/c1-11(15(16)17)8-12-4-5-13(14(9-12)19-3)21-10-20-7-6-18-2/h4-5,9,11H,6-8,10H2,1-3H3,(H,16,17). The van der Waals surface area contributed by atoms with Crippen LogP contribution in [0.4, 0.5) is 0 Å². The quantitative estimate of drug-likeness (QED) is 0.526. The number of methoxy groups -OCH3 is 2. The number of rotatable bonds is 10. The van der Waals surface area contributed by atoms with E-state index >= 15 is 0 Å². The number of carboxylic acids is 1. The summed E-state index contributed by atoms with van der Waals surface area (Å²) in [5, 5.41) is 8.93. The van der Waals surface area contributed by atoms with Crippen LogP contribution in [0, 0.1) is 5.92 Å². The minimum atomic E-state index is -0.819. The first-order valence-corrected chi connectivity index (χ1v) is 6.67. The molecule has 6 heteroatoms. The van der Waals surface area contributed by atoms with Crippen LogP contribution in [-0.4, -0.2) is 45.3 Å². The molecule has 0 bridgehead atoms. The third-order valence-electron chi connectivity index (χ3n) is 2.92. The van der Waals surface area contributed by atoms with Gasteiger partial charge in [-0.05, 0) is 24.1 Å². The van der Waals surface area contributed by atoms with E-state index in [1.54, 1.807) is 33.3 Å². The number of hydrogen-bond donors (Lipinski definition) is 1. The second-order valence-electron chi connectivity index (χ2n) is 4.59. The van der Waals surface area contributed by atoms with Crippen LogP contribution in [0.2, 0.25) is 0 Å². The number of aliphatic carboxylic acids is 1. The highest BCUT2D eigenvalue weighted by Gasteiger charge is 2.13. The summed E-state index contributed by atoms with van der Waals surface area (Å²) >= 11 is 0. The van der Waals surface area contributed by atoms with E-state index in [-0.39, 0.29) is 6.79 Å². The van der Waals surface area contributed by atoms with Crippen molar-refractivity contribution in [2.45, 2.75) is 13.3 Å². The molecular formula is C15H22O6. The number of benzene rings is 1. The molecule has 118 valence electrons. The molecule has 0 aliphatic rings. The molecule has 0 saturated carbocycles. The van der Waals surface area contributed by atoms with Gasteiger partial charge in [-0.3, -0.25) is 4.79 Å². The Balaban J connectivity index is 2.59. The Bertz CT molecular complexity index is 446. The molecule has 0 amide bonds. The molecule has 0 fully saturated rings. The molecule has 1 aromatic carbocycles. The van der Waals surface area contributed by atoms with Crippen molar-refractivity contribution >= 4 is 5.97 Å². The van der Waals surface area contributed by atoms with E-state index in [0.717, 1.165) is 5.56 Å². The molecule has 1 rings (SSSR count). The van der Waals surface area contributed by atoms with Gasteiger partial charge in [0.05, 0.1) is 26.2 Å². The molecule has 0 aliphatic carbocycles. The molecule has 1 N–H and O–H groups in total. The van der Waals surface area contributed by atoms with Crippen molar-refractivity contribution in [1.82, 2.24) is 0 Å². The molecule has 6 nitrogen and oxygen atoms in total. The summed E-state index contributed by atoms with van der Waals surface area (Å²) in [5.74, 6) is -0.151. The van der Waals surface area contributed by atoms with Gasteiger partial charge in [-0.2, -0.15) is 0 Å². The zero-order chi connectivity index (χ0) is 15.7. The lowest BCUT2D eigenvalue weighted by Crippen LogP contribution is -2.12. The Morgan fingerprint density at radius 1 is 1.24 bits per heavy atom. The average molecular weight is 298 g/mol. The molecule has 0 saturated heterocycles. The predicted octanol–water partition coefficient (Wildman–Crippen LogP) is 1.96. The topological polar surface area (TPSA) is 74.2 Å². The summed E-state index contributed by atoms with van der Waals surface area (Å²) in [7, 11) is 3.14. The first kappa shape index (κ1) is 17.3. The molecule has 1 unspecified atom stereocenters. The van der Waals surface area contributed by atoms with Crippen molar-refractivity contribution in [2.24, 2.45) is 5.92 Å². The van der Waals surface area contributed by atoms with Gasteiger partial charge in [0.15, 0.2) is 18.3 Å². The van der Waals surface area contributed by atoms with Crippen molar-refractivity contribution < 1.29 is 28.8 Å². The van der Waals surface area contributed by atoms with E-state index in [9.17, 15) is 4.79 Å². The van der Waals surface area contributed by atoms with Crippen LogP contribution in [0.15, 0.2) is 18.2 Å². The van der Waals surface area contributed by atoms with Crippen LogP contribution in [0.5, 0.6) is 11.5 Å². The first-order chi connectivity index (χ1) is 10.1. The van der Waals surface area contributed by atoms with Gasteiger partial charge in [-0.15, -0.1) is 0 Å². The number of carbonyl (C=O) groups is 1. The maximum absolute atomic E-state index is 10.9. The normalized spacial score (nSPS) is 12.0. The van der Waals surface area contributed by atoms with E-state index in [1.165, 1.54) is 0 Å². The Kier molecular flexibility index (Phi) is 7.56. The van der Waals surface area contributed by atoms with Gasteiger partial charge in [0.1, 0.15) is 0 Å². The van der Waals surface area contributed by atoms with Gasteiger partial charge >= 0.3 is 5.97 Å². The van der Waals surface area contributed by atoms with E-state index in [4.69, 9.17) is 24.1 Å². The number of carboxylic acid groups (broad SMARTS) is 1. The summed E-state index contributed by atoms with van der Waals surface area (Å²) in [6.07, 6.45) is 0.441. The Morgan fingerprint density at radius 2 is 2.00 bits per heavy atom. The maximum atomic E-state index is 10.9. The Morgan fingerprint density at radius 3 is 2.62 bits per heavy atom. The zero-order valence-corrected chi connectivity index (χ0v) is 12.6. The van der Waals surface area contributed by atoms with Crippen LogP contribution in [0.25, 0.3) is 0 Å². The van der Waals surface area contributed by atoms with Crippen molar-refractivity contribution in [1.29, 1.82) is 0 Å². The van der Waals surface area contributed by atoms with Gasteiger partial charge in [0, 0.05) is 7.11 Å². The second kappa shape index (κ2) is 9.20. The molecule has 1 aromatic rings. The highest BCUT2D eigenvalue weighted by molar-refractivity contribution is 5.70. The molecule has 1 atom stereocenters. The maximum Gasteiger partial charge on any atom is 0.306 e. The summed E-state index contributed by atoms with van der Waals surface area (Å²) in [6, 6.07) is 5.36. The minimum absolute atomic E-state index is 0.102. The predicted molar refractivity (Wildman–Crippen MR) is 76.8 cm³/mol. The second-order valence-corrected chi connectivity index (χ2v) is 4.59. The highest BCUT2D eigenvalue weighted by atomic mass is 16.7. The van der Waals surface area contributed by atoms with Gasteiger partial charge in [-0.1, -0.05) is 13.0 Å². The minimum Gasteiger partial charge on any atom is -0.493 e. The lowest BCUT2D eigenvalue weighted by atomic mass is 10.0. The lowest BCUT2D eigenvalue weighted by Gasteiger charge is -2.13. The Hall–Kier alpha value is -1.79. The first-order valence-electron chi connectivity index (χ1n) is 6.67. The molecule has 21 heavy (non-hydrogen) atoms. The van der Waals surface area contributed by atoms with Gasteiger partial charge in [-0.25, -0.2) is 0 Å². The number of hydrogen-bond acceptors (Lipinski definition) is 5. The van der Waals surface area contributed by atoms with E-state index < -0.39 is 11.9 Å². The molecule has 0 spiro atoms. The SMILES string of the molecule is COCCOCOc1ccc(CC(C)C(=O)O)cc1OC. The van der Waals surface area contributed by atoms with Gasteiger partial charge in [0.2, 0.25) is 0 Å².